The van der Waals surface area contributed by atoms with E-state index in [1.165, 1.54) is 32.1 Å². The Hall–Kier alpha value is -1.34. The van der Waals surface area contributed by atoms with E-state index in [1.54, 1.807) is 0 Å². The Morgan fingerprint density at radius 1 is 1.23 bits per heavy atom. The fraction of sp³-hybridized carbons (Fsp3) is 0.895. The summed E-state index contributed by atoms with van der Waals surface area (Å²) in [4.78, 5) is 27.4. The standard InChI is InChI=1S/C19H33N3O4/c1-2-21(13-18(23)24)16-10-15(11-16)20-19(25)22-8-9-26-17(12-22)14-6-4-3-5-7-14/h14-17H,2-13H2,1H3,(H,20,25)(H,23,24). The third kappa shape index (κ3) is 4.88. The fourth-order valence-corrected chi connectivity index (χ4v) is 4.59. The summed E-state index contributed by atoms with van der Waals surface area (Å²) in [6.07, 6.45) is 8.20. The van der Waals surface area contributed by atoms with Crippen LogP contribution in [-0.2, 0) is 9.53 Å². The molecule has 0 spiro atoms. The highest BCUT2D eigenvalue weighted by atomic mass is 16.5. The molecule has 2 saturated carbocycles. The number of carbonyl (C=O) groups is 2. The van der Waals surface area contributed by atoms with Crippen molar-refractivity contribution in [3.63, 3.8) is 0 Å². The van der Waals surface area contributed by atoms with Gasteiger partial charge in [0, 0.05) is 25.2 Å². The number of hydrogen-bond acceptors (Lipinski definition) is 4. The molecule has 148 valence electrons. The highest BCUT2D eigenvalue weighted by Gasteiger charge is 2.37. The van der Waals surface area contributed by atoms with Crippen molar-refractivity contribution < 1.29 is 19.4 Å². The molecule has 26 heavy (non-hydrogen) atoms. The van der Waals surface area contributed by atoms with Gasteiger partial charge in [0.05, 0.1) is 19.3 Å². The van der Waals surface area contributed by atoms with Gasteiger partial charge in [-0.05, 0) is 38.1 Å². The monoisotopic (exact) mass is 367 g/mol. The maximum Gasteiger partial charge on any atom is 0.317 e. The summed E-state index contributed by atoms with van der Waals surface area (Å²) < 4.78 is 5.96. The Balaban J connectivity index is 1.41. The number of aliphatic carboxylic acids is 1. The maximum atomic E-state index is 12.6. The second kappa shape index (κ2) is 9.04. The molecule has 0 aromatic carbocycles. The summed E-state index contributed by atoms with van der Waals surface area (Å²) in [5.41, 5.74) is 0. The number of amides is 2. The zero-order valence-corrected chi connectivity index (χ0v) is 15.9. The third-order valence-electron chi connectivity index (χ3n) is 6.26. The molecule has 1 saturated heterocycles. The van der Waals surface area contributed by atoms with Crippen LogP contribution < -0.4 is 5.32 Å². The number of carboxylic acids is 1. The lowest BCUT2D eigenvalue weighted by molar-refractivity contribution is -0.139. The summed E-state index contributed by atoms with van der Waals surface area (Å²) in [5, 5.41) is 12.1. The van der Waals surface area contributed by atoms with Crippen LogP contribution in [0, 0.1) is 5.92 Å². The molecule has 1 atom stereocenters. The van der Waals surface area contributed by atoms with Crippen LogP contribution in [-0.4, -0.2) is 77.9 Å². The predicted octanol–water partition coefficient (Wildman–Crippen LogP) is 1.91. The first-order valence-corrected chi connectivity index (χ1v) is 10.2. The molecule has 0 aromatic heterocycles. The Morgan fingerprint density at radius 2 is 1.96 bits per heavy atom. The lowest BCUT2D eigenvalue weighted by Crippen LogP contribution is -2.59. The predicted molar refractivity (Wildman–Crippen MR) is 98.1 cm³/mol. The number of nitrogens with one attached hydrogen (secondary N) is 1. The van der Waals surface area contributed by atoms with E-state index < -0.39 is 5.97 Å². The Labute approximate surface area is 156 Å². The van der Waals surface area contributed by atoms with Gasteiger partial charge in [-0.25, -0.2) is 4.79 Å². The Kier molecular flexibility index (Phi) is 6.75. The molecule has 0 radical (unpaired) electrons. The average molecular weight is 367 g/mol. The van der Waals surface area contributed by atoms with E-state index in [2.05, 4.69) is 5.32 Å². The molecule has 1 aliphatic heterocycles. The number of morpholine rings is 1. The van der Waals surface area contributed by atoms with E-state index in [1.807, 2.05) is 16.7 Å². The number of hydrogen-bond donors (Lipinski definition) is 2. The van der Waals surface area contributed by atoms with Gasteiger partial charge in [0.2, 0.25) is 0 Å². The molecular formula is C19H33N3O4. The van der Waals surface area contributed by atoms with Crippen molar-refractivity contribution in [2.75, 3.05) is 32.8 Å². The van der Waals surface area contributed by atoms with Crippen LogP contribution in [0.25, 0.3) is 0 Å². The maximum absolute atomic E-state index is 12.6. The molecule has 7 nitrogen and oxygen atoms in total. The quantitative estimate of drug-likeness (QED) is 0.749. The minimum absolute atomic E-state index is 0.0128. The number of rotatable bonds is 6. The van der Waals surface area contributed by atoms with Crippen LogP contribution in [0.4, 0.5) is 4.79 Å². The normalized spacial score (nSPS) is 30.1. The third-order valence-corrected chi connectivity index (χ3v) is 6.26. The number of carbonyl (C=O) groups excluding carboxylic acids is 1. The largest absolute Gasteiger partial charge is 0.480 e. The summed E-state index contributed by atoms with van der Waals surface area (Å²) in [6.45, 7) is 4.77. The van der Waals surface area contributed by atoms with Gasteiger partial charge in [-0.2, -0.15) is 0 Å². The lowest BCUT2D eigenvalue weighted by Gasteiger charge is -2.44. The van der Waals surface area contributed by atoms with E-state index in [9.17, 15) is 9.59 Å². The van der Waals surface area contributed by atoms with Crippen LogP contribution in [0.3, 0.4) is 0 Å². The van der Waals surface area contributed by atoms with Crippen molar-refractivity contribution in [1.82, 2.24) is 15.1 Å². The highest BCUT2D eigenvalue weighted by molar-refractivity contribution is 5.75. The van der Waals surface area contributed by atoms with Gasteiger partial charge in [-0.1, -0.05) is 26.2 Å². The molecule has 0 bridgehead atoms. The second-order valence-corrected chi connectivity index (χ2v) is 7.98. The molecule has 2 N–H and O–H groups in total. The molecule has 0 aromatic rings. The number of ether oxygens (including phenoxy) is 1. The minimum atomic E-state index is -0.790. The molecule has 3 fully saturated rings. The number of nitrogens with zero attached hydrogens (tertiary/aromatic N) is 2. The lowest BCUT2D eigenvalue weighted by atomic mass is 9.84. The first-order valence-electron chi connectivity index (χ1n) is 10.2. The molecule has 2 aliphatic carbocycles. The van der Waals surface area contributed by atoms with Crippen molar-refractivity contribution in [2.45, 2.75) is 70.1 Å². The molecule has 3 aliphatic rings. The molecule has 7 heteroatoms. The van der Waals surface area contributed by atoms with Crippen molar-refractivity contribution in [3.8, 4) is 0 Å². The van der Waals surface area contributed by atoms with E-state index in [-0.39, 0.29) is 30.8 Å². The minimum Gasteiger partial charge on any atom is -0.480 e. The van der Waals surface area contributed by atoms with Crippen LogP contribution >= 0.6 is 0 Å². The molecule has 1 unspecified atom stereocenters. The smallest absolute Gasteiger partial charge is 0.317 e. The zero-order valence-electron chi connectivity index (χ0n) is 15.9. The summed E-state index contributed by atoms with van der Waals surface area (Å²) in [7, 11) is 0. The van der Waals surface area contributed by atoms with Gasteiger partial charge in [0.15, 0.2) is 0 Å². The highest BCUT2D eigenvalue weighted by Crippen LogP contribution is 2.30. The average Bonchev–Trinajstić information content (AvgIpc) is 2.63. The van der Waals surface area contributed by atoms with Crippen LogP contribution in [0.2, 0.25) is 0 Å². The number of urea groups is 1. The van der Waals surface area contributed by atoms with E-state index in [0.717, 1.165) is 19.4 Å². The Bertz CT molecular complexity index is 489. The summed E-state index contributed by atoms with van der Waals surface area (Å²) in [5.74, 6) is -0.192. The summed E-state index contributed by atoms with van der Waals surface area (Å²) >= 11 is 0. The molecule has 3 rings (SSSR count). The van der Waals surface area contributed by atoms with Crippen LogP contribution in [0.5, 0.6) is 0 Å². The fourth-order valence-electron chi connectivity index (χ4n) is 4.59. The van der Waals surface area contributed by atoms with Gasteiger partial charge in [-0.15, -0.1) is 0 Å². The SMILES string of the molecule is CCN(CC(=O)O)C1CC(NC(=O)N2CCOC(C3CCCCC3)C2)C1. The van der Waals surface area contributed by atoms with Gasteiger partial charge < -0.3 is 20.1 Å². The van der Waals surface area contributed by atoms with Crippen molar-refractivity contribution in [2.24, 2.45) is 5.92 Å². The van der Waals surface area contributed by atoms with E-state index in [4.69, 9.17) is 9.84 Å². The summed E-state index contributed by atoms with van der Waals surface area (Å²) in [6, 6.07) is 0.436. The van der Waals surface area contributed by atoms with Gasteiger partial charge in [0.25, 0.3) is 0 Å². The van der Waals surface area contributed by atoms with Gasteiger partial charge >= 0.3 is 12.0 Å². The zero-order chi connectivity index (χ0) is 18.5. The van der Waals surface area contributed by atoms with Gasteiger partial charge in [-0.3, -0.25) is 9.69 Å². The van der Waals surface area contributed by atoms with Crippen molar-refractivity contribution >= 4 is 12.0 Å². The topological polar surface area (TPSA) is 82.1 Å². The van der Waals surface area contributed by atoms with E-state index in [0.29, 0.717) is 25.6 Å². The van der Waals surface area contributed by atoms with E-state index >= 15 is 0 Å². The second-order valence-electron chi connectivity index (χ2n) is 7.98. The molecule has 2 amide bonds. The van der Waals surface area contributed by atoms with Crippen molar-refractivity contribution in [3.05, 3.63) is 0 Å². The van der Waals surface area contributed by atoms with Crippen LogP contribution in [0.15, 0.2) is 0 Å². The number of likely N-dealkylation sites (N-methyl/N-ethyl adjacent to an activating group) is 1. The molecular weight excluding hydrogens is 334 g/mol. The Morgan fingerprint density at radius 3 is 2.62 bits per heavy atom. The van der Waals surface area contributed by atoms with Crippen molar-refractivity contribution in [1.29, 1.82) is 0 Å². The first kappa shape index (κ1) is 19.4. The first-order chi connectivity index (χ1) is 12.6. The van der Waals surface area contributed by atoms with Gasteiger partial charge in [0.1, 0.15) is 0 Å². The van der Waals surface area contributed by atoms with Crippen LogP contribution in [0.1, 0.15) is 51.9 Å². The number of carboxylic acid groups (broad SMARTS) is 1. The molecule has 1 heterocycles.